The normalized spacial score (nSPS) is 21.2. The largest absolute Gasteiger partial charge is 0.477 e. The van der Waals surface area contributed by atoms with E-state index in [1.54, 1.807) is 0 Å². The first-order valence-electron chi connectivity index (χ1n) is 4.79. The second kappa shape index (κ2) is 4.59. The SMILES string of the molecule is O=C(O)c1cnc(NC2CCCOC2)s1. The van der Waals surface area contributed by atoms with E-state index in [0.29, 0.717) is 11.7 Å². The standard InChI is InChI=1S/C9H12N2O3S/c12-8(13)7-4-10-9(15-7)11-6-2-1-3-14-5-6/h4,6H,1-3,5H2,(H,10,11)(H,12,13). The molecule has 0 aliphatic carbocycles. The topological polar surface area (TPSA) is 71.5 Å². The van der Waals surface area contributed by atoms with Crippen LogP contribution in [0, 0.1) is 0 Å². The Morgan fingerprint density at radius 3 is 3.20 bits per heavy atom. The number of carboxylic acids is 1. The van der Waals surface area contributed by atoms with Gasteiger partial charge in [-0.15, -0.1) is 0 Å². The van der Waals surface area contributed by atoms with Gasteiger partial charge in [-0.2, -0.15) is 0 Å². The number of hydrogen-bond donors (Lipinski definition) is 2. The highest BCUT2D eigenvalue weighted by Gasteiger charge is 2.16. The van der Waals surface area contributed by atoms with Crippen LogP contribution in [0.15, 0.2) is 6.20 Å². The molecular formula is C9H12N2O3S. The molecule has 82 valence electrons. The summed E-state index contributed by atoms with van der Waals surface area (Å²) in [6, 6.07) is 0.256. The Hall–Kier alpha value is -1.14. The van der Waals surface area contributed by atoms with Crippen LogP contribution in [0.25, 0.3) is 0 Å². The zero-order valence-electron chi connectivity index (χ0n) is 8.10. The summed E-state index contributed by atoms with van der Waals surface area (Å²) in [6.07, 6.45) is 3.45. The van der Waals surface area contributed by atoms with Gasteiger partial charge in [0.1, 0.15) is 4.88 Å². The van der Waals surface area contributed by atoms with E-state index < -0.39 is 5.97 Å². The summed E-state index contributed by atoms with van der Waals surface area (Å²) in [5.74, 6) is -0.930. The molecule has 0 amide bonds. The number of hydrogen-bond acceptors (Lipinski definition) is 5. The number of anilines is 1. The van der Waals surface area contributed by atoms with Gasteiger partial charge in [0.15, 0.2) is 5.13 Å². The minimum absolute atomic E-state index is 0.256. The van der Waals surface area contributed by atoms with Gasteiger partial charge in [-0.3, -0.25) is 0 Å². The molecule has 0 bridgehead atoms. The molecule has 1 fully saturated rings. The summed E-state index contributed by atoms with van der Waals surface area (Å²) < 4.78 is 5.31. The Bertz CT molecular complexity index is 347. The number of thiazole rings is 1. The van der Waals surface area contributed by atoms with Crippen LogP contribution in [0.3, 0.4) is 0 Å². The molecule has 2 N–H and O–H groups in total. The van der Waals surface area contributed by atoms with Crippen molar-refractivity contribution in [2.45, 2.75) is 18.9 Å². The summed E-state index contributed by atoms with van der Waals surface area (Å²) in [5.41, 5.74) is 0. The second-order valence-corrected chi connectivity index (χ2v) is 4.42. The van der Waals surface area contributed by atoms with E-state index in [1.807, 2.05) is 0 Å². The first-order valence-corrected chi connectivity index (χ1v) is 5.61. The van der Waals surface area contributed by atoms with Crippen LogP contribution in [-0.4, -0.2) is 35.3 Å². The maximum atomic E-state index is 10.6. The lowest BCUT2D eigenvalue weighted by Crippen LogP contribution is -2.29. The van der Waals surface area contributed by atoms with Gasteiger partial charge >= 0.3 is 5.97 Å². The molecule has 2 rings (SSSR count). The third-order valence-corrected chi connectivity index (χ3v) is 3.12. The van der Waals surface area contributed by atoms with Crippen molar-refractivity contribution in [3.8, 4) is 0 Å². The number of rotatable bonds is 3. The van der Waals surface area contributed by atoms with Crippen molar-refractivity contribution >= 4 is 22.4 Å². The molecular weight excluding hydrogens is 216 g/mol. The van der Waals surface area contributed by atoms with E-state index in [-0.39, 0.29) is 10.9 Å². The zero-order valence-corrected chi connectivity index (χ0v) is 8.92. The van der Waals surface area contributed by atoms with Gasteiger partial charge in [0.25, 0.3) is 0 Å². The molecule has 0 spiro atoms. The highest BCUT2D eigenvalue weighted by atomic mass is 32.1. The summed E-state index contributed by atoms with van der Waals surface area (Å²) in [4.78, 5) is 14.9. The molecule has 1 aromatic rings. The molecule has 1 atom stereocenters. The molecule has 5 nitrogen and oxygen atoms in total. The summed E-state index contributed by atoms with van der Waals surface area (Å²) >= 11 is 1.16. The van der Waals surface area contributed by atoms with Crippen molar-refractivity contribution in [2.75, 3.05) is 18.5 Å². The maximum Gasteiger partial charge on any atom is 0.347 e. The van der Waals surface area contributed by atoms with Crippen LogP contribution >= 0.6 is 11.3 Å². The molecule has 2 heterocycles. The van der Waals surface area contributed by atoms with Crippen LogP contribution in [-0.2, 0) is 4.74 Å². The molecule has 1 saturated heterocycles. The first-order chi connectivity index (χ1) is 7.25. The van der Waals surface area contributed by atoms with Gasteiger partial charge < -0.3 is 15.2 Å². The number of ether oxygens (including phenoxy) is 1. The van der Waals surface area contributed by atoms with Crippen molar-refractivity contribution in [1.82, 2.24) is 4.98 Å². The van der Waals surface area contributed by atoms with Crippen LogP contribution in [0.5, 0.6) is 0 Å². The van der Waals surface area contributed by atoms with Gasteiger partial charge in [-0.05, 0) is 12.8 Å². The quantitative estimate of drug-likeness (QED) is 0.819. The Balaban J connectivity index is 1.94. The highest BCUT2D eigenvalue weighted by Crippen LogP contribution is 2.20. The third kappa shape index (κ3) is 2.66. The van der Waals surface area contributed by atoms with E-state index in [9.17, 15) is 4.79 Å². The Morgan fingerprint density at radius 1 is 1.73 bits per heavy atom. The maximum absolute atomic E-state index is 10.6. The predicted molar refractivity (Wildman–Crippen MR) is 56.5 cm³/mol. The van der Waals surface area contributed by atoms with Crippen molar-refractivity contribution in [2.24, 2.45) is 0 Å². The van der Waals surface area contributed by atoms with E-state index in [0.717, 1.165) is 30.8 Å². The number of aromatic carboxylic acids is 1. The Kier molecular flexibility index (Phi) is 3.17. The fourth-order valence-electron chi connectivity index (χ4n) is 1.47. The molecule has 0 radical (unpaired) electrons. The molecule has 1 aliphatic heterocycles. The lowest BCUT2D eigenvalue weighted by molar-refractivity contribution is 0.0702. The summed E-state index contributed by atoms with van der Waals surface area (Å²) in [6.45, 7) is 1.48. The van der Waals surface area contributed by atoms with Crippen LogP contribution in [0.2, 0.25) is 0 Å². The van der Waals surface area contributed by atoms with Gasteiger partial charge in [-0.1, -0.05) is 11.3 Å². The zero-order chi connectivity index (χ0) is 10.7. The molecule has 15 heavy (non-hydrogen) atoms. The van der Waals surface area contributed by atoms with Gasteiger partial charge in [0.2, 0.25) is 0 Å². The second-order valence-electron chi connectivity index (χ2n) is 3.39. The third-order valence-electron chi connectivity index (χ3n) is 2.20. The van der Waals surface area contributed by atoms with Gasteiger partial charge in [-0.25, -0.2) is 9.78 Å². The lowest BCUT2D eigenvalue weighted by Gasteiger charge is -2.22. The van der Waals surface area contributed by atoms with E-state index in [2.05, 4.69) is 10.3 Å². The van der Waals surface area contributed by atoms with Crippen molar-refractivity contribution in [1.29, 1.82) is 0 Å². The molecule has 1 unspecified atom stereocenters. The van der Waals surface area contributed by atoms with Crippen LogP contribution in [0.4, 0.5) is 5.13 Å². The highest BCUT2D eigenvalue weighted by molar-refractivity contribution is 7.17. The predicted octanol–water partition coefficient (Wildman–Crippen LogP) is 1.43. The number of carbonyl (C=O) groups is 1. The fourth-order valence-corrected chi connectivity index (χ4v) is 2.20. The number of aromatic nitrogens is 1. The van der Waals surface area contributed by atoms with Crippen LogP contribution < -0.4 is 5.32 Å². The molecule has 6 heteroatoms. The minimum atomic E-state index is -0.930. The van der Waals surface area contributed by atoms with Gasteiger partial charge in [0.05, 0.1) is 18.8 Å². The van der Waals surface area contributed by atoms with Crippen molar-refractivity contribution in [3.05, 3.63) is 11.1 Å². The van der Waals surface area contributed by atoms with Gasteiger partial charge in [0, 0.05) is 6.61 Å². The minimum Gasteiger partial charge on any atom is -0.477 e. The molecule has 0 saturated carbocycles. The first kappa shape index (κ1) is 10.4. The molecule has 1 aromatic heterocycles. The number of carboxylic acid groups (broad SMARTS) is 1. The Labute approximate surface area is 91.1 Å². The van der Waals surface area contributed by atoms with E-state index in [4.69, 9.17) is 9.84 Å². The summed E-state index contributed by atoms with van der Waals surface area (Å²) in [5, 5.41) is 12.6. The smallest absolute Gasteiger partial charge is 0.347 e. The van der Waals surface area contributed by atoms with E-state index >= 15 is 0 Å². The monoisotopic (exact) mass is 228 g/mol. The van der Waals surface area contributed by atoms with E-state index in [1.165, 1.54) is 6.20 Å². The lowest BCUT2D eigenvalue weighted by atomic mass is 10.1. The average molecular weight is 228 g/mol. The molecule has 1 aliphatic rings. The fraction of sp³-hybridized carbons (Fsp3) is 0.556. The number of nitrogens with one attached hydrogen (secondary N) is 1. The average Bonchev–Trinajstić information content (AvgIpc) is 2.68. The number of nitrogens with zero attached hydrogens (tertiary/aromatic N) is 1. The summed E-state index contributed by atoms with van der Waals surface area (Å²) in [7, 11) is 0. The Morgan fingerprint density at radius 2 is 2.60 bits per heavy atom. The van der Waals surface area contributed by atoms with Crippen molar-refractivity contribution < 1.29 is 14.6 Å². The van der Waals surface area contributed by atoms with Crippen LogP contribution in [0.1, 0.15) is 22.5 Å². The molecule has 0 aromatic carbocycles. The van der Waals surface area contributed by atoms with Crippen molar-refractivity contribution in [3.63, 3.8) is 0 Å².